The van der Waals surface area contributed by atoms with Crippen LogP contribution in [0.15, 0.2) is 24.0 Å². The summed E-state index contributed by atoms with van der Waals surface area (Å²) in [7, 11) is 3.22. The molecule has 0 atom stereocenters. The molecule has 0 aliphatic rings. The van der Waals surface area contributed by atoms with E-state index < -0.39 is 0 Å². The van der Waals surface area contributed by atoms with Gasteiger partial charge in [-0.3, -0.25) is 4.68 Å². The van der Waals surface area contributed by atoms with Gasteiger partial charge in [-0.05, 0) is 6.92 Å². The molecular weight excluding hydrogens is 194 g/mol. The zero-order chi connectivity index (χ0) is 11.3. The molecule has 0 amide bonds. The number of hydrogen-bond acceptors (Lipinski definition) is 4. The normalized spacial score (nSPS) is 11.3. The number of carbonyl (C=O) groups is 1. The van der Waals surface area contributed by atoms with Crippen molar-refractivity contribution in [3.63, 3.8) is 0 Å². The highest BCUT2D eigenvalue weighted by Gasteiger charge is 2.01. The highest BCUT2D eigenvalue weighted by Crippen LogP contribution is 2.03. The predicted octanol–water partition coefficient (Wildman–Crippen LogP) is 0.951. The SMILES string of the molecule is COC(=O)C(C)=CCNc1cnn(C)c1. The molecule has 0 radical (unpaired) electrons. The molecule has 0 aliphatic carbocycles. The van der Waals surface area contributed by atoms with Crippen LogP contribution in [-0.4, -0.2) is 29.4 Å². The molecule has 0 saturated heterocycles. The molecule has 1 aromatic heterocycles. The van der Waals surface area contributed by atoms with Gasteiger partial charge in [0.1, 0.15) is 0 Å². The molecule has 0 bridgehead atoms. The van der Waals surface area contributed by atoms with Crippen molar-refractivity contribution in [1.29, 1.82) is 0 Å². The first-order chi connectivity index (χ1) is 7.13. The maximum absolute atomic E-state index is 11.0. The van der Waals surface area contributed by atoms with E-state index in [1.54, 1.807) is 23.9 Å². The molecule has 1 N–H and O–H groups in total. The lowest BCUT2D eigenvalue weighted by Gasteiger charge is -2.00. The molecule has 0 unspecified atom stereocenters. The van der Waals surface area contributed by atoms with Crippen molar-refractivity contribution < 1.29 is 9.53 Å². The predicted molar refractivity (Wildman–Crippen MR) is 57.5 cm³/mol. The number of ether oxygens (including phenoxy) is 1. The number of esters is 1. The van der Waals surface area contributed by atoms with Crippen molar-refractivity contribution in [3.8, 4) is 0 Å². The highest BCUT2D eigenvalue weighted by atomic mass is 16.5. The van der Waals surface area contributed by atoms with Crippen LogP contribution in [0.25, 0.3) is 0 Å². The average Bonchev–Trinajstić information content (AvgIpc) is 2.63. The summed E-state index contributed by atoms with van der Waals surface area (Å²) in [5.74, 6) is -0.303. The van der Waals surface area contributed by atoms with Crippen LogP contribution in [0.2, 0.25) is 0 Å². The fourth-order valence-electron chi connectivity index (χ4n) is 1.08. The Morgan fingerprint density at radius 2 is 2.47 bits per heavy atom. The second kappa shape index (κ2) is 5.19. The molecule has 0 saturated carbocycles. The molecule has 0 aliphatic heterocycles. The van der Waals surface area contributed by atoms with Gasteiger partial charge >= 0.3 is 5.97 Å². The van der Waals surface area contributed by atoms with Crippen LogP contribution in [0.1, 0.15) is 6.92 Å². The van der Waals surface area contributed by atoms with Gasteiger partial charge in [-0.1, -0.05) is 6.08 Å². The number of rotatable bonds is 4. The van der Waals surface area contributed by atoms with E-state index in [-0.39, 0.29) is 5.97 Å². The smallest absolute Gasteiger partial charge is 0.333 e. The molecule has 1 rings (SSSR count). The Bertz CT molecular complexity index is 368. The first-order valence-corrected chi connectivity index (χ1v) is 4.61. The number of methoxy groups -OCH3 is 1. The lowest BCUT2D eigenvalue weighted by Crippen LogP contribution is -2.05. The average molecular weight is 209 g/mol. The second-order valence-electron chi connectivity index (χ2n) is 3.16. The minimum Gasteiger partial charge on any atom is -0.466 e. The van der Waals surface area contributed by atoms with Gasteiger partial charge in [-0.25, -0.2) is 4.79 Å². The number of anilines is 1. The third-order valence-corrected chi connectivity index (χ3v) is 1.93. The molecule has 0 aromatic carbocycles. The molecule has 15 heavy (non-hydrogen) atoms. The Morgan fingerprint density at radius 3 is 3.00 bits per heavy atom. The quantitative estimate of drug-likeness (QED) is 0.592. The summed E-state index contributed by atoms with van der Waals surface area (Å²) in [5, 5.41) is 7.12. The van der Waals surface area contributed by atoms with Crippen LogP contribution >= 0.6 is 0 Å². The minimum absolute atomic E-state index is 0.303. The Hall–Kier alpha value is -1.78. The number of nitrogens with zero attached hydrogens (tertiary/aromatic N) is 2. The lowest BCUT2D eigenvalue weighted by molar-refractivity contribution is -0.136. The first-order valence-electron chi connectivity index (χ1n) is 4.61. The molecule has 5 nitrogen and oxygen atoms in total. The first kappa shape index (κ1) is 11.3. The van der Waals surface area contributed by atoms with Gasteiger partial charge < -0.3 is 10.1 Å². The van der Waals surface area contributed by atoms with Crippen LogP contribution in [0.5, 0.6) is 0 Å². The molecular formula is C10H15N3O2. The molecule has 1 aromatic rings. The monoisotopic (exact) mass is 209 g/mol. The van der Waals surface area contributed by atoms with Crippen LogP contribution < -0.4 is 5.32 Å². The standard InChI is InChI=1S/C10H15N3O2/c1-8(10(14)15-3)4-5-11-9-6-12-13(2)7-9/h4,6-7,11H,5H2,1-3H3. The fraction of sp³-hybridized carbons (Fsp3) is 0.400. The van der Waals surface area contributed by atoms with Crippen molar-refractivity contribution in [2.75, 3.05) is 19.0 Å². The molecule has 0 fully saturated rings. The third kappa shape index (κ3) is 3.46. The van der Waals surface area contributed by atoms with Crippen LogP contribution in [0.4, 0.5) is 5.69 Å². The minimum atomic E-state index is -0.303. The van der Waals surface area contributed by atoms with E-state index in [4.69, 9.17) is 0 Å². The van der Waals surface area contributed by atoms with E-state index in [9.17, 15) is 4.79 Å². The second-order valence-corrected chi connectivity index (χ2v) is 3.16. The maximum Gasteiger partial charge on any atom is 0.333 e. The van der Waals surface area contributed by atoms with Crippen molar-refractivity contribution in [3.05, 3.63) is 24.0 Å². The van der Waals surface area contributed by atoms with Crippen molar-refractivity contribution >= 4 is 11.7 Å². The highest BCUT2D eigenvalue weighted by molar-refractivity contribution is 5.87. The summed E-state index contributed by atoms with van der Waals surface area (Å²) in [5.41, 5.74) is 1.51. The topological polar surface area (TPSA) is 56.1 Å². The van der Waals surface area contributed by atoms with Crippen LogP contribution in [-0.2, 0) is 16.6 Å². The Labute approximate surface area is 88.7 Å². The largest absolute Gasteiger partial charge is 0.466 e. The third-order valence-electron chi connectivity index (χ3n) is 1.93. The summed E-state index contributed by atoms with van der Waals surface area (Å²) in [4.78, 5) is 11.0. The lowest BCUT2D eigenvalue weighted by atomic mass is 10.3. The van der Waals surface area contributed by atoms with Gasteiger partial charge in [0, 0.05) is 25.4 Å². The molecule has 5 heteroatoms. The van der Waals surface area contributed by atoms with E-state index in [1.807, 2.05) is 13.2 Å². The van der Waals surface area contributed by atoms with Gasteiger partial charge in [0.05, 0.1) is 19.0 Å². The molecule has 0 spiro atoms. The van der Waals surface area contributed by atoms with Gasteiger partial charge in [0.2, 0.25) is 0 Å². The fourth-order valence-corrected chi connectivity index (χ4v) is 1.08. The van der Waals surface area contributed by atoms with Gasteiger partial charge in [0.25, 0.3) is 0 Å². The number of aromatic nitrogens is 2. The van der Waals surface area contributed by atoms with Gasteiger partial charge in [0.15, 0.2) is 0 Å². The van der Waals surface area contributed by atoms with E-state index in [0.717, 1.165) is 5.69 Å². The summed E-state index contributed by atoms with van der Waals surface area (Å²) >= 11 is 0. The van der Waals surface area contributed by atoms with Crippen molar-refractivity contribution in [2.45, 2.75) is 6.92 Å². The Kier molecular flexibility index (Phi) is 3.91. The van der Waals surface area contributed by atoms with E-state index in [2.05, 4.69) is 15.2 Å². The van der Waals surface area contributed by atoms with Gasteiger partial charge in [-0.2, -0.15) is 5.10 Å². The van der Waals surface area contributed by atoms with Crippen molar-refractivity contribution in [1.82, 2.24) is 9.78 Å². The van der Waals surface area contributed by atoms with Crippen molar-refractivity contribution in [2.24, 2.45) is 7.05 Å². The van der Waals surface area contributed by atoms with E-state index >= 15 is 0 Å². The zero-order valence-corrected chi connectivity index (χ0v) is 9.15. The summed E-state index contributed by atoms with van der Waals surface area (Å²) in [6, 6.07) is 0. The summed E-state index contributed by atoms with van der Waals surface area (Å²) in [6.45, 7) is 2.30. The Morgan fingerprint density at radius 1 is 1.73 bits per heavy atom. The molecule has 1 heterocycles. The summed E-state index contributed by atoms with van der Waals surface area (Å²) < 4.78 is 6.27. The van der Waals surface area contributed by atoms with Crippen LogP contribution in [0, 0.1) is 0 Å². The molecule has 82 valence electrons. The Balaban J connectivity index is 2.41. The van der Waals surface area contributed by atoms with Gasteiger partial charge in [-0.15, -0.1) is 0 Å². The van der Waals surface area contributed by atoms with Crippen LogP contribution in [0.3, 0.4) is 0 Å². The number of hydrogen-bond donors (Lipinski definition) is 1. The van der Waals surface area contributed by atoms with E-state index in [0.29, 0.717) is 12.1 Å². The van der Waals surface area contributed by atoms with E-state index in [1.165, 1.54) is 7.11 Å². The number of nitrogens with one attached hydrogen (secondary N) is 1. The summed E-state index contributed by atoms with van der Waals surface area (Å²) in [6.07, 6.45) is 5.36. The maximum atomic E-state index is 11.0. The zero-order valence-electron chi connectivity index (χ0n) is 9.15. The number of aryl methyl sites for hydroxylation is 1. The number of carbonyl (C=O) groups excluding carboxylic acids is 1.